The number of fused-ring (bicyclic) bond motifs is 1. The topological polar surface area (TPSA) is 17.1 Å². The lowest BCUT2D eigenvalue weighted by molar-refractivity contribution is -0.115. The summed E-state index contributed by atoms with van der Waals surface area (Å²) in [7, 11) is 0. The summed E-state index contributed by atoms with van der Waals surface area (Å²) in [4.78, 5) is 11.2. The first-order valence-corrected chi connectivity index (χ1v) is 5.12. The van der Waals surface area contributed by atoms with E-state index in [2.05, 4.69) is 6.58 Å². The quantitative estimate of drug-likeness (QED) is 0.591. The zero-order valence-corrected chi connectivity index (χ0v) is 8.01. The summed E-state index contributed by atoms with van der Waals surface area (Å²) in [6.07, 6.45) is 10.4. The summed E-state index contributed by atoms with van der Waals surface area (Å²) < 4.78 is 0. The van der Waals surface area contributed by atoms with Gasteiger partial charge in [-0.2, -0.15) is 0 Å². The van der Waals surface area contributed by atoms with Crippen LogP contribution >= 0.6 is 0 Å². The first kappa shape index (κ1) is 8.74. The van der Waals surface area contributed by atoms with E-state index >= 15 is 0 Å². The maximum absolute atomic E-state index is 11.2. The zero-order valence-electron chi connectivity index (χ0n) is 8.01. The van der Waals surface area contributed by atoms with Crippen molar-refractivity contribution in [2.45, 2.75) is 38.5 Å². The highest BCUT2D eigenvalue weighted by Gasteiger charge is 2.39. The largest absolute Gasteiger partial charge is 0.295 e. The van der Waals surface area contributed by atoms with Gasteiger partial charge in [0.05, 0.1) is 0 Å². The average Bonchev–Trinajstić information content (AvgIpc) is 2.49. The summed E-state index contributed by atoms with van der Waals surface area (Å²) in [5.74, 6) is 0.330. The molecule has 0 aromatic rings. The number of carbonyl (C=O) groups is 1. The van der Waals surface area contributed by atoms with Crippen molar-refractivity contribution in [3.05, 3.63) is 24.3 Å². The van der Waals surface area contributed by atoms with E-state index in [1.165, 1.54) is 18.4 Å². The third kappa shape index (κ3) is 1.37. The van der Waals surface area contributed by atoms with Gasteiger partial charge in [-0.3, -0.25) is 4.79 Å². The summed E-state index contributed by atoms with van der Waals surface area (Å²) in [6, 6.07) is 0. The Morgan fingerprint density at radius 3 is 3.08 bits per heavy atom. The van der Waals surface area contributed by atoms with Crippen molar-refractivity contribution in [3.63, 3.8) is 0 Å². The third-order valence-electron chi connectivity index (χ3n) is 3.50. The van der Waals surface area contributed by atoms with Crippen molar-refractivity contribution in [2.75, 3.05) is 0 Å². The molecule has 13 heavy (non-hydrogen) atoms. The second-order valence-corrected chi connectivity index (χ2v) is 4.26. The van der Waals surface area contributed by atoms with E-state index in [1.807, 2.05) is 12.2 Å². The molecule has 1 atom stereocenters. The van der Waals surface area contributed by atoms with Gasteiger partial charge in [-0.15, -0.1) is 6.58 Å². The summed E-state index contributed by atoms with van der Waals surface area (Å²) in [5.41, 5.74) is 1.75. The molecule has 0 spiro atoms. The molecule has 0 aromatic heterocycles. The van der Waals surface area contributed by atoms with Gasteiger partial charge in [-0.05, 0) is 43.6 Å². The van der Waals surface area contributed by atoms with Crippen molar-refractivity contribution in [3.8, 4) is 0 Å². The predicted octanol–water partition coefficient (Wildman–Crippen LogP) is 3.02. The molecule has 1 saturated carbocycles. The number of hydrogen-bond donors (Lipinski definition) is 0. The number of allylic oxidation sites excluding steroid dienone is 3. The van der Waals surface area contributed by atoms with Crippen LogP contribution in [0, 0.1) is 5.41 Å². The molecule has 2 aliphatic carbocycles. The lowest BCUT2D eigenvalue weighted by Gasteiger charge is -2.32. The molecular formula is C12H16O. The second kappa shape index (κ2) is 3.13. The van der Waals surface area contributed by atoms with Crippen molar-refractivity contribution in [1.82, 2.24) is 0 Å². The minimum Gasteiger partial charge on any atom is -0.295 e. The van der Waals surface area contributed by atoms with Gasteiger partial charge in [-0.25, -0.2) is 0 Å². The van der Waals surface area contributed by atoms with Gasteiger partial charge in [0, 0.05) is 6.42 Å². The number of ketones is 1. The zero-order chi connectivity index (χ0) is 9.31. The Balaban J connectivity index is 2.30. The molecule has 0 N–H and O–H groups in total. The smallest absolute Gasteiger partial charge is 0.155 e. The Kier molecular flexibility index (Phi) is 2.10. The highest BCUT2D eigenvalue weighted by molar-refractivity contribution is 5.91. The van der Waals surface area contributed by atoms with Crippen LogP contribution in [-0.4, -0.2) is 5.78 Å². The van der Waals surface area contributed by atoms with Crippen LogP contribution in [0.4, 0.5) is 0 Å². The van der Waals surface area contributed by atoms with Crippen LogP contribution in [0.1, 0.15) is 38.5 Å². The van der Waals surface area contributed by atoms with Gasteiger partial charge in [0.15, 0.2) is 5.78 Å². The maximum Gasteiger partial charge on any atom is 0.155 e. The van der Waals surface area contributed by atoms with E-state index < -0.39 is 0 Å². The molecule has 0 saturated heterocycles. The van der Waals surface area contributed by atoms with E-state index in [4.69, 9.17) is 0 Å². The second-order valence-electron chi connectivity index (χ2n) is 4.26. The molecular weight excluding hydrogens is 160 g/mol. The highest BCUT2D eigenvalue weighted by Crippen LogP contribution is 2.51. The highest BCUT2D eigenvalue weighted by atomic mass is 16.1. The van der Waals surface area contributed by atoms with Crippen LogP contribution in [0.15, 0.2) is 24.3 Å². The van der Waals surface area contributed by atoms with Gasteiger partial charge >= 0.3 is 0 Å². The molecule has 2 aliphatic rings. The Bertz CT molecular complexity index is 275. The van der Waals surface area contributed by atoms with E-state index in [0.29, 0.717) is 11.2 Å². The van der Waals surface area contributed by atoms with Crippen molar-refractivity contribution >= 4 is 5.78 Å². The SMILES string of the molecule is C=CCC12CCCC1=CC(=O)CC2. The fraction of sp³-hybridized carbons (Fsp3) is 0.583. The molecule has 0 aliphatic heterocycles. The van der Waals surface area contributed by atoms with Gasteiger partial charge in [0.1, 0.15) is 0 Å². The molecule has 1 unspecified atom stereocenters. The Morgan fingerprint density at radius 1 is 1.46 bits per heavy atom. The molecule has 0 bridgehead atoms. The molecule has 1 heteroatoms. The minimum atomic E-state index is 0.330. The number of rotatable bonds is 2. The van der Waals surface area contributed by atoms with Gasteiger partial charge in [0.2, 0.25) is 0 Å². The molecule has 2 rings (SSSR count). The lowest BCUT2D eigenvalue weighted by atomic mass is 9.72. The summed E-state index contributed by atoms with van der Waals surface area (Å²) in [6.45, 7) is 3.82. The summed E-state index contributed by atoms with van der Waals surface area (Å²) in [5, 5.41) is 0. The van der Waals surface area contributed by atoms with Crippen LogP contribution < -0.4 is 0 Å². The molecule has 0 heterocycles. The third-order valence-corrected chi connectivity index (χ3v) is 3.50. The molecule has 0 aromatic carbocycles. The molecule has 70 valence electrons. The molecule has 0 radical (unpaired) electrons. The standard InChI is InChI=1S/C12H16O/c1-2-6-12-7-3-4-10(12)9-11(13)5-8-12/h2,9H,1,3-8H2. The number of carbonyl (C=O) groups excluding carboxylic acids is 1. The van der Waals surface area contributed by atoms with Crippen molar-refractivity contribution < 1.29 is 4.79 Å². The first-order valence-electron chi connectivity index (χ1n) is 5.12. The fourth-order valence-corrected chi connectivity index (χ4v) is 2.79. The predicted molar refractivity (Wildman–Crippen MR) is 53.4 cm³/mol. The van der Waals surface area contributed by atoms with Gasteiger partial charge in [0.25, 0.3) is 0 Å². The molecule has 1 fully saturated rings. The molecule has 1 nitrogen and oxygen atoms in total. The Labute approximate surface area is 79.5 Å². The maximum atomic E-state index is 11.2. The lowest BCUT2D eigenvalue weighted by Crippen LogP contribution is -2.23. The number of hydrogen-bond acceptors (Lipinski definition) is 1. The van der Waals surface area contributed by atoms with Crippen molar-refractivity contribution in [2.24, 2.45) is 5.41 Å². The van der Waals surface area contributed by atoms with Crippen LogP contribution in [-0.2, 0) is 4.79 Å². The van der Waals surface area contributed by atoms with Gasteiger partial charge < -0.3 is 0 Å². The van der Waals surface area contributed by atoms with E-state index in [0.717, 1.165) is 25.7 Å². The van der Waals surface area contributed by atoms with Gasteiger partial charge in [-0.1, -0.05) is 11.6 Å². The van der Waals surface area contributed by atoms with E-state index in [-0.39, 0.29) is 0 Å². The van der Waals surface area contributed by atoms with Crippen molar-refractivity contribution in [1.29, 1.82) is 0 Å². The molecule has 0 amide bonds. The van der Waals surface area contributed by atoms with Crippen LogP contribution in [0.25, 0.3) is 0 Å². The fourth-order valence-electron chi connectivity index (χ4n) is 2.79. The van der Waals surface area contributed by atoms with E-state index in [1.54, 1.807) is 0 Å². The van der Waals surface area contributed by atoms with Crippen LogP contribution in [0.2, 0.25) is 0 Å². The summed E-state index contributed by atoms with van der Waals surface area (Å²) >= 11 is 0. The minimum absolute atomic E-state index is 0.330. The normalized spacial score (nSPS) is 32.6. The van der Waals surface area contributed by atoms with E-state index in [9.17, 15) is 4.79 Å². The van der Waals surface area contributed by atoms with Crippen LogP contribution in [0.5, 0.6) is 0 Å². The first-order chi connectivity index (χ1) is 6.27. The Morgan fingerprint density at radius 2 is 2.31 bits per heavy atom. The Hall–Kier alpha value is -0.850. The van der Waals surface area contributed by atoms with Crippen LogP contribution in [0.3, 0.4) is 0 Å². The monoisotopic (exact) mass is 176 g/mol. The average molecular weight is 176 g/mol.